The van der Waals surface area contributed by atoms with Crippen molar-refractivity contribution in [1.29, 1.82) is 0 Å². The van der Waals surface area contributed by atoms with Crippen molar-refractivity contribution in [1.82, 2.24) is 9.80 Å². The summed E-state index contributed by atoms with van der Waals surface area (Å²) < 4.78 is 0. The van der Waals surface area contributed by atoms with E-state index in [9.17, 15) is 19.5 Å². The normalized spacial score (nSPS) is 20.2. The van der Waals surface area contributed by atoms with Crippen LogP contribution in [0.4, 0.5) is 0 Å². The molecule has 2 bridgehead atoms. The molecule has 218 valence electrons. The van der Waals surface area contributed by atoms with Gasteiger partial charge in [-0.2, -0.15) is 0 Å². The quantitative estimate of drug-likeness (QED) is 0.274. The van der Waals surface area contributed by atoms with Gasteiger partial charge in [0, 0.05) is 17.6 Å². The smallest absolute Gasteiger partial charge is 0.328 e. The highest BCUT2D eigenvalue weighted by Gasteiger charge is 2.54. The number of fused-ring (bicyclic) bond motifs is 2. The van der Waals surface area contributed by atoms with Gasteiger partial charge >= 0.3 is 5.97 Å². The number of carboxylic acid groups (broad SMARTS) is 1. The Morgan fingerprint density at radius 1 is 0.698 bits per heavy atom. The first-order valence-electron chi connectivity index (χ1n) is 14.6. The lowest BCUT2D eigenvalue weighted by Crippen LogP contribution is -2.66. The lowest BCUT2D eigenvalue weighted by atomic mass is 9.87. The van der Waals surface area contributed by atoms with Gasteiger partial charge in [-0.3, -0.25) is 9.59 Å². The second kappa shape index (κ2) is 12.1. The van der Waals surface area contributed by atoms with E-state index >= 15 is 0 Å². The molecule has 6 nitrogen and oxygen atoms in total. The second-order valence-corrected chi connectivity index (χ2v) is 11.9. The number of likely N-dealkylation sites (tertiary alicyclic amines) is 1. The Kier molecular flexibility index (Phi) is 8.04. The third kappa shape index (κ3) is 5.55. The number of nitrogens with zero attached hydrogens (tertiary/aromatic N) is 2. The molecule has 2 aliphatic rings. The van der Waals surface area contributed by atoms with E-state index in [-0.39, 0.29) is 24.4 Å². The molecular formula is C36H33ClN2O4. The molecule has 0 saturated carbocycles. The van der Waals surface area contributed by atoms with Gasteiger partial charge < -0.3 is 14.9 Å². The number of rotatable bonds is 7. The third-order valence-electron chi connectivity index (χ3n) is 8.82. The van der Waals surface area contributed by atoms with Crippen LogP contribution in [0.1, 0.15) is 52.5 Å². The van der Waals surface area contributed by atoms with Crippen LogP contribution >= 0.6 is 11.6 Å². The number of carboxylic acids is 1. The van der Waals surface area contributed by atoms with E-state index in [0.29, 0.717) is 17.9 Å². The van der Waals surface area contributed by atoms with Crippen LogP contribution in [-0.2, 0) is 14.4 Å². The molecule has 2 aliphatic heterocycles. The van der Waals surface area contributed by atoms with Crippen LogP contribution < -0.4 is 0 Å². The summed E-state index contributed by atoms with van der Waals surface area (Å²) in [5, 5.41) is 11.2. The molecule has 0 radical (unpaired) electrons. The van der Waals surface area contributed by atoms with Gasteiger partial charge in [0.15, 0.2) is 0 Å². The van der Waals surface area contributed by atoms with Crippen molar-refractivity contribution in [2.45, 2.75) is 49.7 Å². The summed E-state index contributed by atoms with van der Waals surface area (Å²) in [7, 11) is 0. The predicted molar refractivity (Wildman–Crippen MR) is 166 cm³/mol. The lowest BCUT2D eigenvalue weighted by molar-refractivity contribution is -0.161. The molecule has 2 heterocycles. The molecule has 6 rings (SSSR count). The van der Waals surface area contributed by atoms with Gasteiger partial charge in [-0.15, -0.1) is 0 Å². The Hall–Kier alpha value is -4.42. The van der Waals surface area contributed by atoms with E-state index in [1.54, 1.807) is 17.0 Å². The maximum atomic E-state index is 14.5. The minimum absolute atomic E-state index is 0.129. The fourth-order valence-corrected chi connectivity index (χ4v) is 6.92. The molecule has 0 aromatic heterocycles. The van der Waals surface area contributed by atoms with Crippen LogP contribution in [0, 0.1) is 6.92 Å². The molecule has 4 aromatic carbocycles. The zero-order valence-corrected chi connectivity index (χ0v) is 24.6. The van der Waals surface area contributed by atoms with E-state index in [4.69, 9.17) is 11.6 Å². The van der Waals surface area contributed by atoms with Crippen molar-refractivity contribution < 1.29 is 19.5 Å². The summed E-state index contributed by atoms with van der Waals surface area (Å²) in [4.78, 5) is 45.2. The van der Waals surface area contributed by atoms with Crippen molar-refractivity contribution in [2.75, 3.05) is 6.54 Å². The SMILES string of the molecule is Cc1ccc(C(C(=O)N2C[C@@H]3CCC([C@H]2C(=O)O)N3C(=O)C(c2ccccc2)c2ccccc2)c2ccc(Cl)cc2)cc1. The Bertz CT molecular complexity index is 1520. The van der Waals surface area contributed by atoms with Crippen LogP contribution in [0.2, 0.25) is 5.02 Å². The van der Waals surface area contributed by atoms with E-state index in [1.807, 2.05) is 104 Å². The summed E-state index contributed by atoms with van der Waals surface area (Å²) in [6, 6.07) is 32.0. The molecule has 4 atom stereocenters. The van der Waals surface area contributed by atoms with Crippen LogP contribution in [0.15, 0.2) is 109 Å². The van der Waals surface area contributed by atoms with Gasteiger partial charge in [0.2, 0.25) is 11.8 Å². The molecule has 7 heteroatoms. The fourth-order valence-electron chi connectivity index (χ4n) is 6.79. The zero-order valence-electron chi connectivity index (χ0n) is 23.8. The predicted octanol–water partition coefficient (Wildman–Crippen LogP) is 6.27. The van der Waals surface area contributed by atoms with Gasteiger partial charge in [-0.25, -0.2) is 4.79 Å². The molecule has 2 unspecified atom stereocenters. The molecule has 2 fully saturated rings. The highest BCUT2D eigenvalue weighted by Crippen LogP contribution is 2.40. The maximum absolute atomic E-state index is 14.5. The zero-order chi connectivity index (χ0) is 30.1. The largest absolute Gasteiger partial charge is 0.480 e. The van der Waals surface area contributed by atoms with E-state index in [0.717, 1.165) is 27.8 Å². The summed E-state index contributed by atoms with van der Waals surface area (Å²) in [5.41, 5.74) is 4.28. The van der Waals surface area contributed by atoms with Gasteiger partial charge in [-0.05, 0) is 54.2 Å². The number of hydrogen-bond donors (Lipinski definition) is 1. The van der Waals surface area contributed by atoms with Crippen molar-refractivity contribution in [3.8, 4) is 0 Å². The minimum Gasteiger partial charge on any atom is -0.480 e. The number of carbonyl (C=O) groups excluding carboxylic acids is 2. The number of amides is 2. The van der Waals surface area contributed by atoms with Crippen molar-refractivity contribution in [3.63, 3.8) is 0 Å². The number of aliphatic carboxylic acids is 1. The van der Waals surface area contributed by atoms with Crippen molar-refractivity contribution >= 4 is 29.4 Å². The summed E-state index contributed by atoms with van der Waals surface area (Å²) in [6.45, 7) is 2.14. The summed E-state index contributed by atoms with van der Waals surface area (Å²) in [5.74, 6) is -2.80. The Labute approximate surface area is 256 Å². The van der Waals surface area contributed by atoms with E-state index < -0.39 is 29.9 Å². The Morgan fingerprint density at radius 2 is 1.19 bits per heavy atom. The molecule has 0 aliphatic carbocycles. The molecule has 2 amide bonds. The average Bonchev–Trinajstić information content (AvgIpc) is 3.32. The first-order valence-corrected chi connectivity index (χ1v) is 15.0. The first-order chi connectivity index (χ1) is 20.8. The molecular weight excluding hydrogens is 560 g/mol. The van der Waals surface area contributed by atoms with E-state index in [1.165, 1.54) is 4.90 Å². The minimum atomic E-state index is -1.16. The summed E-state index contributed by atoms with van der Waals surface area (Å²) in [6.07, 6.45) is 1.15. The van der Waals surface area contributed by atoms with Gasteiger partial charge in [0.1, 0.15) is 6.04 Å². The maximum Gasteiger partial charge on any atom is 0.328 e. The molecule has 43 heavy (non-hydrogen) atoms. The monoisotopic (exact) mass is 592 g/mol. The Balaban J connectivity index is 1.37. The molecule has 1 N–H and O–H groups in total. The number of piperazine rings is 1. The highest BCUT2D eigenvalue weighted by molar-refractivity contribution is 6.30. The number of carbonyl (C=O) groups is 3. The van der Waals surface area contributed by atoms with Crippen LogP contribution in [0.25, 0.3) is 0 Å². The van der Waals surface area contributed by atoms with Gasteiger partial charge in [0.05, 0.1) is 17.9 Å². The number of aryl methyl sites for hydroxylation is 1. The third-order valence-corrected chi connectivity index (χ3v) is 9.07. The van der Waals surface area contributed by atoms with Gasteiger partial charge in [-0.1, -0.05) is 114 Å². The van der Waals surface area contributed by atoms with Crippen LogP contribution in [-0.4, -0.2) is 57.4 Å². The van der Waals surface area contributed by atoms with Gasteiger partial charge in [0.25, 0.3) is 0 Å². The molecule has 0 spiro atoms. The molecule has 2 saturated heterocycles. The molecule has 4 aromatic rings. The van der Waals surface area contributed by atoms with Crippen LogP contribution in [0.3, 0.4) is 0 Å². The first kappa shape index (κ1) is 28.7. The lowest BCUT2D eigenvalue weighted by Gasteiger charge is -2.47. The standard InChI is InChI=1S/C36H33ClN2O4/c1-23-12-14-26(15-13-23)31(27-16-18-28(37)19-17-27)34(40)38-22-29-20-21-30(33(38)36(42)43)39(29)35(41)32(24-8-4-2-5-9-24)25-10-6-3-7-11-25/h2-19,29-33H,20-22H2,1H3,(H,42,43)/t29-,30?,31?,33-/m0/s1. The highest BCUT2D eigenvalue weighted by atomic mass is 35.5. The number of halogens is 1. The average molecular weight is 593 g/mol. The summed E-state index contributed by atoms with van der Waals surface area (Å²) >= 11 is 6.17. The number of benzene rings is 4. The topological polar surface area (TPSA) is 77.9 Å². The van der Waals surface area contributed by atoms with Crippen molar-refractivity contribution in [2.24, 2.45) is 0 Å². The fraction of sp³-hybridized carbons (Fsp3) is 0.250. The number of hydrogen-bond acceptors (Lipinski definition) is 3. The van der Waals surface area contributed by atoms with Crippen LogP contribution in [0.5, 0.6) is 0 Å². The van der Waals surface area contributed by atoms with Crippen molar-refractivity contribution in [3.05, 3.63) is 142 Å². The second-order valence-electron chi connectivity index (χ2n) is 11.5. The van der Waals surface area contributed by atoms with E-state index in [2.05, 4.69) is 0 Å². The Morgan fingerprint density at radius 3 is 1.72 bits per heavy atom.